The maximum absolute atomic E-state index is 12.9. The van der Waals surface area contributed by atoms with Gasteiger partial charge in [0.25, 0.3) is 0 Å². The summed E-state index contributed by atoms with van der Waals surface area (Å²) in [5.41, 5.74) is 0. The van der Waals surface area contributed by atoms with Gasteiger partial charge in [-0.1, -0.05) is 231 Å². The van der Waals surface area contributed by atoms with Crippen LogP contribution >= 0.6 is 0 Å². The Kier molecular flexibility index (Phi) is 56.4. The average molecular weight is 1010 g/mol. The molecule has 0 spiro atoms. The van der Waals surface area contributed by atoms with E-state index < -0.39 is 6.10 Å². The van der Waals surface area contributed by atoms with Gasteiger partial charge in [0, 0.05) is 19.3 Å². The second-order valence-corrected chi connectivity index (χ2v) is 19.1. The lowest BCUT2D eigenvalue weighted by Crippen LogP contribution is -2.30. The Hall–Kier alpha value is -4.45. The van der Waals surface area contributed by atoms with Gasteiger partial charge in [0.05, 0.1) is 0 Å². The fraction of sp³-hybridized carbons (Fsp3) is 0.627. The highest BCUT2D eigenvalue weighted by Crippen LogP contribution is 2.13. The first-order valence-corrected chi connectivity index (χ1v) is 29.7. The molecule has 0 aromatic heterocycles. The number of unbranched alkanes of at least 4 members (excludes halogenated alkanes) is 19. The molecule has 0 bridgehead atoms. The summed E-state index contributed by atoms with van der Waals surface area (Å²) in [6, 6.07) is 0. The van der Waals surface area contributed by atoms with Crippen molar-refractivity contribution in [2.24, 2.45) is 0 Å². The fourth-order valence-electron chi connectivity index (χ4n) is 7.72. The summed E-state index contributed by atoms with van der Waals surface area (Å²) in [6.45, 7) is 6.35. The van der Waals surface area contributed by atoms with Crippen molar-refractivity contribution in [3.05, 3.63) is 134 Å². The minimum atomic E-state index is -0.813. The number of ether oxygens (including phenoxy) is 3. The third kappa shape index (κ3) is 58.3. The highest BCUT2D eigenvalue weighted by molar-refractivity contribution is 5.71. The van der Waals surface area contributed by atoms with Gasteiger partial charge in [-0.15, -0.1) is 0 Å². The molecule has 412 valence electrons. The molecule has 6 heteroatoms. The summed E-state index contributed by atoms with van der Waals surface area (Å²) in [4.78, 5) is 38.2. The fourth-order valence-corrected chi connectivity index (χ4v) is 7.72. The molecule has 0 fully saturated rings. The van der Waals surface area contributed by atoms with Crippen LogP contribution in [0.1, 0.15) is 252 Å². The monoisotopic (exact) mass is 1010 g/mol. The van der Waals surface area contributed by atoms with E-state index in [9.17, 15) is 14.4 Å². The predicted octanol–water partition coefficient (Wildman–Crippen LogP) is 20.2. The Balaban J connectivity index is 4.52. The van der Waals surface area contributed by atoms with E-state index in [-0.39, 0.29) is 37.5 Å². The van der Waals surface area contributed by atoms with Gasteiger partial charge in [0.2, 0.25) is 0 Å². The maximum Gasteiger partial charge on any atom is 0.306 e. The van der Waals surface area contributed by atoms with Crippen molar-refractivity contribution >= 4 is 17.9 Å². The molecule has 0 rings (SSSR count). The molecular weight excluding hydrogens is 901 g/mol. The number of hydrogen-bond donors (Lipinski definition) is 0. The SMILES string of the molecule is CC/C=C\C/C=C\C/C=C\C/C=C\C/C=C\CCCCCCCC(=O)OCC(COC(=O)CCCCCCC/C=C\CCCCCCCC)OC(=O)CCCCC/C=C\C/C=C\C/C=C\C/C=C\C/C=C\CC. The van der Waals surface area contributed by atoms with E-state index >= 15 is 0 Å². The number of carbonyl (C=O) groups is 3. The number of hydrogen-bond acceptors (Lipinski definition) is 6. The molecule has 0 aromatic rings. The van der Waals surface area contributed by atoms with Crippen molar-refractivity contribution in [2.45, 2.75) is 258 Å². The van der Waals surface area contributed by atoms with E-state index in [1.807, 2.05) is 0 Å². The second kappa shape index (κ2) is 60.1. The smallest absolute Gasteiger partial charge is 0.306 e. The average Bonchev–Trinajstić information content (AvgIpc) is 3.39. The van der Waals surface area contributed by atoms with Crippen LogP contribution in [0.3, 0.4) is 0 Å². The van der Waals surface area contributed by atoms with Crippen LogP contribution in [0.2, 0.25) is 0 Å². The third-order valence-corrected chi connectivity index (χ3v) is 12.1. The molecule has 0 aliphatic rings. The van der Waals surface area contributed by atoms with Gasteiger partial charge in [-0.2, -0.15) is 0 Å². The molecule has 73 heavy (non-hydrogen) atoms. The summed E-state index contributed by atoms with van der Waals surface area (Å²) in [6.07, 6.45) is 84.4. The largest absolute Gasteiger partial charge is 0.462 e. The van der Waals surface area contributed by atoms with E-state index in [0.717, 1.165) is 154 Å². The van der Waals surface area contributed by atoms with Gasteiger partial charge in [0.1, 0.15) is 13.2 Å². The minimum Gasteiger partial charge on any atom is -0.462 e. The topological polar surface area (TPSA) is 78.9 Å². The quantitative estimate of drug-likeness (QED) is 0.0261. The van der Waals surface area contributed by atoms with Crippen LogP contribution in [0.4, 0.5) is 0 Å². The van der Waals surface area contributed by atoms with Gasteiger partial charge in [-0.25, -0.2) is 0 Å². The number of esters is 3. The summed E-state index contributed by atoms with van der Waals surface area (Å²) >= 11 is 0. The second-order valence-electron chi connectivity index (χ2n) is 19.1. The molecule has 0 aromatic carbocycles. The van der Waals surface area contributed by atoms with E-state index in [1.54, 1.807) is 0 Å². The molecule has 0 aliphatic carbocycles. The van der Waals surface area contributed by atoms with Crippen molar-refractivity contribution in [3.63, 3.8) is 0 Å². The lowest BCUT2D eigenvalue weighted by molar-refractivity contribution is -0.167. The van der Waals surface area contributed by atoms with Crippen LogP contribution in [0.25, 0.3) is 0 Å². The van der Waals surface area contributed by atoms with Gasteiger partial charge < -0.3 is 14.2 Å². The third-order valence-electron chi connectivity index (χ3n) is 12.1. The summed E-state index contributed by atoms with van der Waals surface area (Å²) in [5, 5.41) is 0. The highest BCUT2D eigenvalue weighted by Gasteiger charge is 2.19. The Morgan fingerprint density at radius 3 is 0.863 bits per heavy atom. The van der Waals surface area contributed by atoms with Crippen molar-refractivity contribution in [1.82, 2.24) is 0 Å². The van der Waals surface area contributed by atoms with Crippen LogP contribution < -0.4 is 0 Å². The predicted molar refractivity (Wildman–Crippen MR) is 316 cm³/mol. The number of carbonyl (C=O) groups excluding carboxylic acids is 3. The summed E-state index contributed by atoms with van der Waals surface area (Å²) < 4.78 is 16.8. The molecule has 0 N–H and O–H groups in total. The van der Waals surface area contributed by atoms with Crippen LogP contribution in [-0.2, 0) is 28.6 Å². The Bertz CT molecular complexity index is 1580. The zero-order valence-corrected chi connectivity index (χ0v) is 47.1. The highest BCUT2D eigenvalue weighted by atomic mass is 16.6. The van der Waals surface area contributed by atoms with E-state index in [2.05, 4.69) is 154 Å². The lowest BCUT2D eigenvalue weighted by atomic mass is 10.1. The number of rotatable bonds is 52. The summed E-state index contributed by atoms with van der Waals surface area (Å²) in [5.74, 6) is -0.968. The first-order valence-electron chi connectivity index (χ1n) is 29.7. The lowest BCUT2D eigenvalue weighted by Gasteiger charge is -2.18. The van der Waals surface area contributed by atoms with Gasteiger partial charge in [-0.3, -0.25) is 14.4 Å². The standard InChI is InChI=1S/C67H108O6/c1-4-7-10-13-16-19-22-25-28-30-32-33-35-36-39-42-45-48-51-54-57-60-66(69)72-63-64(62-71-65(68)59-56-53-50-47-44-41-38-27-24-21-18-15-12-9-6-3)73-67(70)61-58-55-52-49-46-43-40-37-34-31-29-26-23-20-17-14-11-8-5-2/h7-8,10-11,16-17,19-20,25-29,32-34,36-39,43,46,64H,4-6,9,12-15,18,21-24,30-31,35,40-42,44-45,47-63H2,1-3H3/b10-7-,11-8-,19-16-,20-17-,28-25-,29-26-,33-32-,37-34-,38-27-,39-36-,46-43-. The van der Waals surface area contributed by atoms with Gasteiger partial charge in [0.15, 0.2) is 6.10 Å². The molecule has 0 radical (unpaired) electrons. The van der Waals surface area contributed by atoms with E-state index in [1.165, 1.54) is 51.4 Å². The number of allylic oxidation sites excluding steroid dienone is 22. The molecule has 0 amide bonds. The van der Waals surface area contributed by atoms with Crippen molar-refractivity contribution in [3.8, 4) is 0 Å². The van der Waals surface area contributed by atoms with E-state index in [4.69, 9.17) is 14.2 Å². The van der Waals surface area contributed by atoms with Crippen LogP contribution in [-0.4, -0.2) is 37.2 Å². The minimum absolute atomic E-state index is 0.106. The van der Waals surface area contributed by atoms with Crippen molar-refractivity contribution in [2.75, 3.05) is 13.2 Å². The van der Waals surface area contributed by atoms with Gasteiger partial charge in [-0.05, 0) is 135 Å². The Morgan fingerprint density at radius 1 is 0.288 bits per heavy atom. The molecular formula is C67H108O6. The van der Waals surface area contributed by atoms with Crippen LogP contribution in [0.15, 0.2) is 134 Å². The molecule has 0 heterocycles. The van der Waals surface area contributed by atoms with Crippen LogP contribution in [0, 0.1) is 0 Å². The molecule has 1 unspecified atom stereocenters. The molecule has 0 saturated heterocycles. The Labute approximate surface area is 449 Å². The maximum atomic E-state index is 12.9. The van der Waals surface area contributed by atoms with Crippen LogP contribution in [0.5, 0.6) is 0 Å². The zero-order chi connectivity index (χ0) is 52.9. The molecule has 0 saturated carbocycles. The van der Waals surface area contributed by atoms with E-state index in [0.29, 0.717) is 19.3 Å². The zero-order valence-electron chi connectivity index (χ0n) is 47.1. The summed E-state index contributed by atoms with van der Waals surface area (Å²) in [7, 11) is 0. The molecule has 1 atom stereocenters. The Morgan fingerprint density at radius 2 is 0.534 bits per heavy atom. The first kappa shape index (κ1) is 68.6. The van der Waals surface area contributed by atoms with Gasteiger partial charge >= 0.3 is 17.9 Å². The normalized spacial score (nSPS) is 13.1. The van der Waals surface area contributed by atoms with Crippen molar-refractivity contribution < 1.29 is 28.6 Å². The first-order chi connectivity index (χ1) is 36.0. The molecule has 0 aliphatic heterocycles. The van der Waals surface area contributed by atoms with Crippen molar-refractivity contribution in [1.29, 1.82) is 0 Å². The molecule has 6 nitrogen and oxygen atoms in total.